The van der Waals surface area contributed by atoms with Gasteiger partial charge in [-0.3, -0.25) is 9.69 Å². The predicted octanol–water partition coefficient (Wildman–Crippen LogP) is 2.78. The van der Waals surface area contributed by atoms with Gasteiger partial charge in [0.25, 0.3) is 5.95 Å². The highest BCUT2D eigenvalue weighted by Crippen LogP contribution is 2.26. The fourth-order valence-electron chi connectivity index (χ4n) is 2.78. The monoisotopic (exact) mass is 300 g/mol. The summed E-state index contributed by atoms with van der Waals surface area (Å²) in [4.78, 5) is 14.0. The summed E-state index contributed by atoms with van der Waals surface area (Å²) in [6, 6.07) is 13.2. The Balaban J connectivity index is 1.63. The van der Waals surface area contributed by atoms with Crippen LogP contribution >= 0.6 is 0 Å². The van der Waals surface area contributed by atoms with E-state index in [2.05, 4.69) is 10.2 Å². The third kappa shape index (κ3) is 3.31. The number of likely N-dealkylation sites (N-methyl/N-ethyl adjacent to an activating group) is 1. The second kappa shape index (κ2) is 6.66. The molecule has 5 heteroatoms. The third-order valence-electron chi connectivity index (χ3n) is 3.87. The third-order valence-corrected chi connectivity index (χ3v) is 3.87. The van der Waals surface area contributed by atoms with Gasteiger partial charge in [-0.25, -0.2) is 0 Å². The van der Waals surface area contributed by atoms with Crippen molar-refractivity contribution in [2.45, 2.75) is 25.4 Å². The van der Waals surface area contributed by atoms with Crippen LogP contribution in [0.5, 0.6) is 11.7 Å². The predicted molar refractivity (Wildman–Crippen MR) is 82.7 cm³/mol. The first-order chi connectivity index (χ1) is 10.8. The molecule has 0 unspecified atom stereocenters. The number of furan rings is 1. The number of hydrogen-bond donors (Lipinski definition) is 1. The number of nitrogens with one attached hydrogen (secondary N) is 1. The largest absolute Gasteiger partial charge is 0.429 e. The minimum absolute atomic E-state index is 0.0615. The molecule has 0 spiro atoms. The number of amides is 1. The second-order valence-corrected chi connectivity index (χ2v) is 5.38. The molecule has 0 saturated carbocycles. The average Bonchev–Trinajstić information content (AvgIpc) is 3.18. The molecule has 0 aliphatic carbocycles. The lowest BCUT2D eigenvalue weighted by Crippen LogP contribution is -2.41. The Morgan fingerprint density at radius 2 is 2.14 bits per heavy atom. The van der Waals surface area contributed by atoms with Crippen molar-refractivity contribution in [2.24, 2.45) is 0 Å². The zero-order chi connectivity index (χ0) is 15.4. The smallest absolute Gasteiger partial charge is 0.290 e. The Labute approximate surface area is 129 Å². The topological polar surface area (TPSA) is 54.7 Å². The molecule has 0 bridgehead atoms. The lowest BCUT2D eigenvalue weighted by Gasteiger charge is -2.21. The number of ether oxygens (including phenoxy) is 1. The molecule has 2 heterocycles. The van der Waals surface area contributed by atoms with Gasteiger partial charge in [0.1, 0.15) is 11.5 Å². The summed E-state index contributed by atoms with van der Waals surface area (Å²) in [5.74, 6) is 2.09. The number of rotatable bonds is 5. The second-order valence-electron chi connectivity index (χ2n) is 5.38. The maximum Gasteiger partial charge on any atom is 0.290 e. The van der Waals surface area contributed by atoms with Crippen LogP contribution in [0.4, 0.5) is 0 Å². The maximum absolute atomic E-state index is 11.9. The van der Waals surface area contributed by atoms with E-state index >= 15 is 0 Å². The molecule has 3 rings (SSSR count). The Bertz CT molecular complexity index is 624. The lowest BCUT2D eigenvalue weighted by atomic mass is 10.2. The minimum Gasteiger partial charge on any atom is -0.429 e. The van der Waals surface area contributed by atoms with Crippen LogP contribution in [-0.2, 0) is 11.3 Å². The number of carbonyl (C=O) groups is 1. The Morgan fingerprint density at radius 1 is 1.32 bits per heavy atom. The van der Waals surface area contributed by atoms with Gasteiger partial charge in [0.15, 0.2) is 0 Å². The molecule has 1 aliphatic heterocycles. The Morgan fingerprint density at radius 3 is 2.91 bits per heavy atom. The zero-order valence-corrected chi connectivity index (χ0v) is 12.6. The van der Waals surface area contributed by atoms with Crippen molar-refractivity contribution in [1.29, 1.82) is 0 Å². The Hall–Kier alpha value is -2.27. The lowest BCUT2D eigenvalue weighted by molar-refractivity contribution is -0.125. The van der Waals surface area contributed by atoms with Gasteiger partial charge in [-0.05, 0) is 37.6 Å². The molecule has 5 nitrogen and oxygen atoms in total. The highest BCUT2D eigenvalue weighted by atomic mass is 16.6. The summed E-state index contributed by atoms with van der Waals surface area (Å²) in [6.45, 7) is 1.53. The van der Waals surface area contributed by atoms with E-state index in [0.29, 0.717) is 12.5 Å². The summed E-state index contributed by atoms with van der Waals surface area (Å²) in [6.07, 6.45) is 1.93. The molecule has 1 N–H and O–H groups in total. The van der Waals surface area contributed by atoms with Crippen molar-refractivity contribution in [3.05, 3.63) is 48.2 Å². The molecule has 2 aromatic rings. The van der Waals surface area contributed by atoms with Gasteiger partial charge in [-0.15, -0.1) is 0 Å². The fraction of sp³-hybridized carbons (Fsp3) is 0.353. The van der Waals surface area contributed by atoms with Crippen LogP contribution in [0.15, 0.2) is 46.9 Å². The molecule has 1 saturated heterocycles. The molecule has 116 valence electrons. The first-order valence-electron chi connectivity index (χ1n) is 7.53. The van der Waals surface area contributed by atoms with E-state index in [0.717, 1.165) is 30.9 Å². The molecule has 0 radical (unpaired) electrons. The normalized spacial score (nSPS) is 18.3. The zero-order valence-electron chi connectivity index (χ0n) is 12.6. The van der Waals surface area contributed by atoms with Gasteiger partial charge in [0, 0.05) is 13.1 Å². The van der Waals surface area contributed by atoms with Crippen LogP contribution in [-0.4, -0.2) is 30.4 Å². The molecule has 1 aliphatic rings. The maximum atomic E-state index is 11.9. The van der Waals surface area contributed by atoms with Gasteiger partial charge in [-0.2, -0.15) is 0 Å². The highest BCUT2D eigenvalue weighted by Gasteiger charge is 2.30. The first kappa shape index (κ1) is 14.7. The van der Waals surface area contributed by atoms with Crippen LogP contribution in [0.2, 0.25) is 0 Å². The number of nitrogens with zero attached hydrogens (tertiary/aromatic N) is 1. The summed E-state index contributed by atoms with van der Waals surface area (Å²) < 4.78 is 11.4. The molecule has 1 fully saturated rings. The van der Waals surface area contributed by atoms with Gasteiger partial charge in [0.2, 0.25) is 5.91 Å². The van der Waals surface area contributed by atoms with Crippen molar-refractivity contribution >= 4 is 5.91 Å². The molecule has 1 amide bonds. The van der Waals surface area contributed by atoms with E-state index in [1.54, 1.807) is 7.05 Å². The Kier molecular flexibility index (Phi) is 4.44. The number of likely N-dealkylation sites (tertiary alicyclic amines) is 1. The van der Waals surface area contributed by atoms with E-state index in [1.807, 2.05) is 42.5 Å². The van der Waals surface area contributed by atoms with E-state index < -0.39 is 0 Å². The number of para-hydroxylation sites is 1. The standard InChI is InChI=1S/C17H20N2O3/c1-18-17(20)15-8-5-11-19(15)12-14-9-10-16(22-14)21-13-6-3-2-4-7-13/h2-4,6-7,9-10,15H,5,8,11-12H2,1H3,(H,18,20)/t15-/m1/s1. The SMILES string of the molecule is CNC(=O)[C@H]1CCCN1Cc1ccc(Oc2ccccc2)o1. The fourth-order valence-corrected chi connectivity index (χ4v) is 2.78. The number of hydrogen-bond acceptors (Lipinski definition) is 4. The van der Waals surface area contributed by atoms with E-state index in [9.17, 15) is 4.79 Å². The van der Waals surface area contributed by atoms with Gasteiger partial charge in [-0.1, -0.05) is 18.2 Å². The molecule has 22 heavy (non-hydrogen) atoms. The molecule has 1 aromatic carbocycles. The number of carbonyl (C=O) groups excluding carboxylic acids is 1. The quantitative estimate of drug-likeness (QED) is 0.922. The molecular weight excluding hydrogens is 280 g/mol. The van der Waals surface area contributed by atoms with Crippen LogP contribution in [0, 0.1) is 0 Å². The minimum atomic E-state index is -0.0615. The van der Waals surface area contributed by atoms with Gasteiger partial charge >= 0.3 is 0 Å². The van der Waals surface area contributed by atoms with Crippen molar-refractivity contribution in [3.63, 3.8) is 0 Å². The first-order valence-corrected chi connectivity index (χ1v) is 7.53. The highest BCUT2D eigenvalue weighted by molar-refractivity contribution is 5.81. The van der Waals surface area contributed by atoms with Crippen LogP contribution in [0.1, 0.15) is 18.6 Å². The summed E-state index contributed by atoms with van der Waals surface area (Å²) in [5, 5.41) is 2.72. The van der Waals surface area contributed by atoms with E-state index in [4.69, 9.17) is 9.15 Å². The number of benzene rings is 1. The van der Waals surface area contributed by atoms with Crippen molar-refractivity contribution in [3.8, 4) is 11.7 Å². The summed E-state index contributed by atoms with van der Waals surface area (Å²) in [7, 11) is 1.68. The van der Waals surface area contributed by atoms with Crippen LogP contribution < -0.4 is 10.1 Å². The molecular formula is C17H20N2O3. The van der Waals surface area contributed by atoms with Crippen LogP contribution in [0.3, 0.4) is 0 Å². The van der Waals surface area contributed by atoms with Gasteiger partial charge < -0.3 is 14.5 Å². The van der Waals surface area contributed by atoms with Crippen molar-refractivity contribution in [1.82, 2.24) is 10.2 Å². The summed E-state index contributed by atoms with van der Waals surface area (Å²) in [5.41, 5.74) is 0. The van der Waals surface area contributed by atoms with E-state index in [1.165, 1.54) is 0 Å². The molecule has 1 atom stereocenters. The van der Waals surface area contributed by atoms with Gasteiger partial charge in [0.05, 0.1) is 12.6 Å². The van der Waals surface area contributed by atoms with Crippen molar-refractivity contribution in [2.75, 3.05) is 13.6 Å². The van der Waals surface area contributed by atoms with Crippen LogP contribution in [0.25, 0.3) is 0 Å². The molecule has 1 aromatic heterocycles. The average molecular weight is 300 g/mol. The van der Waals surface area contributed by atoms with Crippen molar-refractivity contribution < 1.29 is 13.9 Å². The van der Waals surface area contributed by atoms with E-state index in [-0.39, 0.29) is 11.9 Å². The summed E-state index contributed by atoms with van der Waals surface area (Å²) >= 11 is 0.